The molecule has 26 heavy (non-hydrogen) atoms. The van der Waals surface area contributed by atoms with Crippen LogP contribution in [-0.4, -0.2) is 23.7 Å². The normalized spacial score (nSPS) is 10.7. The highest BCUT2D eigenvalue weighted by Crippen LogP contribution is 2.22. The number of benzene rings is 2. The predicted octanol–water partition coefficient (Wildman–Crippen LogP) is 4.30. The van der Waals surface area contributed by atoms with Crippen molar-refractivity contribution in [1.29, 1.82) is 0 Å². The maximum Gasteiger partial charge on any atom is 0.271 e. The number of ether oxygens (including phenoxy) is 1. The summed E-state index contributed by atoms with van der Waals surface area (Å²) in [7, 11) is 0. The van der Waals surface area contributed by atoms with Gasteiger partial charge in [0, 0.05) is 27.7 Å². The van der Waals surface area contributed by atoms with Gasteiger partial charge in [0.05, 0.1) is 17.7 Å². The first-order valence-electron chi connectivity index (χ1n) is 8.01. The van der Waals surface area contributed by atoms with Gasteiger partial charge in [0.1, 0.15) is 5.75 Å². The van der Waals surface area contributed by atoms with Crippen LogP contribution in [0.2, 0.25) is 0 Å². The van der Waals surface area contributed by atoms with Crippen LogP contribution in [0.15, 0.2) is 52.0 Å². The van der Waals surface area contributed by atoms with Crippen molar-refractivity contribution in [2.24, 2.45) is 5.10 Å². The number of nitro groups is 1. The summed E-state index contributed by atoms with van der Waals surface area (Å²) in [6.07, 6.45) is 3.44. The van der Waals surface area contributed by atoms with E-state index < -0.39 is 10.8 Å². The highest BCUT2D eigenvalue weighted by molar-refractivity contribution is 9.10. The van der Waals surface area contributed by atoms with Gasteiger partial charge in [0.25, 0.3) is 11.6 Å². The van der Waals surface area contributed by atoms with Crippen LogP contribution in [0.25, 0.3) is 0 Å². The smallest absolute Gasteiger partial charge is 0.271 e. The second-order valence-corrected chi connectivity index (χ2v) is 6.31. The number of carbonyl (C=O) groups excluding carboxylic acids is 1. The van der Waals surface area contributed by atoms with Crippen LogP contribution in [0.5, 0.6) is 5.75 Å². The topological polar surface area (TPSA) is 93.8 Å². The summed E-state index contributed by atoms with van der Waals surface area (Å²) in [4.78, 5) is 22.3. The van der Waals surface area contributed by atoms with Crippen molar-refractivity contribution >= 4 is 33.7 Å². The molecule has 1 N–H and O–H groups in total. The third-order valence-corrected chi connectivity index (χ3v) is 3.91. The molecule has 0 aliphatic rings. The molecule has 0 spiro atoms. The molecule has 0 saturated heterocycles. The fourth-order valence-corrected chi connectivity index (χ4v) is 2.44. The van der Waals surface area contributed by atoms with Crippen molar-refractivity contribution in [3.63, 3.8) is 0 Å². The predicted molar refractivity (Wildman–Crippen MR) is 103 cm³/mol. The minimum atomic E-state index is -0.554. The second kappa shape index (κ2) is 9.67. The lowest BCUT2D eigenvalue weighted by Gasteiger charge is -2.09. The number of nitrogens with one attached hydrogen (secondary N) is 1. The van der Waals surface area contributed by atoms with Gasteiger partial charge in [-0.05, 0) is 30.7 Å². The highest BCUT2D eigenvalue weighted by Gasteiger charge is 2.11. The largest absolute Gasteiger partial charge is 0.493 e. The van der Waals surface area contributed by atoms with E-state index in [0.29, 0.717) is 17.9 Å². The number of carbonyl (C=O) groups is 1. The average Bonchev–Trinajstić information content (AvgIpc) is 2.63. The highest BCUT2D eigenvalue weighted by atomic mass is 79.9. The van der Waals surface area contributed by atoms with Crippen molar-refractivity contribution in [2.75, 3.05) is 6.61 Å². The number of nitrogens with zero attached hydrogens (tertiary/aromatic N) is 2. The third-order valence-electron chi connectivity index (χ3n) is 3.42. The molecule has 0 heterocycles. The first-order valence-corrected chi connectivity index (χ1v) is 8.80. The summed E-state index contributed by atoms with van der Waals surface area (Å²) in [5.74, 6) is 0.128. The number of hydrogen-bond acceptors (Lipinski definition) is 5. The zero-order valence-electron chi connectivity index (χ0n) is 14.1. The van der Waals surface area contributed by atoms with Crippen molar-refractivity contribution in [2.45, 2.75) is 19.8 Å². The standard InChI is InChI=1S/C18H18BrN3O4/c1-2-3-9-26-17-8-7-15(19)10-14(17)12-20-21-18(23)13-5-4-6-16(11-13)22(24)25/h4-8,10-12H,2-3,9H2,1H3,(H,21,23)/b20-12+. The molecule has 0 atom stereocenters. The second-order valence-electron chi connectivity index (χ2n) is 5.39. The van der Waals surface area contributed by atoms with Crippen LogP contribution in [0.1, 0.15) is 35.7 Å². The van der Waals surface area contributed by atoms with Crippen molar-refractivity contribution in [3.8, 4) is 5.75 Å². The van der Waals surface area contributed by atoms with Gasteiger partial charge in [0.15, 0.2) is 0 Å². The Bertz CT molecular complexity index is 824. The Labute approximate surface area is 159 Å². The van der Waals surface area contributed by atoms with Crippen LogP contribution in [0, 0.1) is 10.1 Å². The van der Waals surface area contributed by atoms with E-state index in [9.17, 15) is 14.9 Å². The zero-order valence-corrected chi connectivity index (χ0v) is 15.7. The van der Waals surface area contributed by atoms with Gasteiger partial charge >= 0.3 is 0 Å². The third kappa shape index (κ3) is 5.66. The number of unbranched alkanes of at least 4 members (excludes halogenated alkanes) is 1. The number of non-ortho nitro benzene ring substituents is 1. The van der Waals surface area contributed by atoms with Gasteiger partial charge in [0.2, 0.25) is 0 Å². The fourth-order valence-electron chi connectivity index (χ4n) is 2.06. The minimum absolute atomic E-state index is 0.153. The Morgan fingerprint density at radius 2 is 2.15 bits per heavy atom. The molecule has 0 bridgehead atoms. The SMILES string of the molecule is CCCCOc1ccc(Br)cc1/C=N/NC(=O)c1cccc([N+](=O)[O-])c1. The molecule has 0 aliphatic heterocycles. The quantitative estimate of drug-likeness (QED) is 0.298. The average molecular weight is 420 g/mol. The maximum atomic E-state index is 12.1. The summed E-state index contributed by atoms with van der Waals surface area (Å²) in [6, 6.07) is 11.0. The Kier molecular flexibility index (Phi) is 7.28. The molecule has 1 amide bonds. The first kappa shape index (κ1) is 19.6. The maximum absolute atomic E-state index is 12.1. The summed E-state index contributed by atoms with van der Waals surface area (Å²) in [6.45, 7) is 2.68. The number of nitro benzene ring substituents is 1. The molecule has 0 radical (unpaired) electrons. The molecule has 0 fully saturated rings. The molecule has 0 saturated carbocycles. The summed E-state index contributed by atoms with van der Waals surface area (Å²) < 4.78 is 6.57. The summed E-state index contributed by atoms with van der Waals surface area (Å²) >= 11 is 3.39. The first-order chi connectivity index (χ1) is 12.5. The summed E-state index contributed by atoms with van der Waals surface area (Å²) in [5, 5.41) is 14.7. The molecular weight excluding hydrogens is 402 g/mol. The number of hydrazone groups is 1. The molecule has 7 nitrogen and oxygen atoms in total. The van der Waals surface area contributed by atoms with Gasteiger partial charge in [-0.1, -0.05) is 35.3 Å². The van der Waals surface area contributed by atoms with Crippen LogP contribution in [-0.2, 0) is 0 Å². The van der Waals surface area contributed by atoms with Gasteiger partial charge in [-0.3, -0.25) is 14.9 Å². The number of amides is 1. The van der Waals surface area contributed by atoms with E-state index >= 15 is 0 Å². The van der Waals surface area contributed by atoms with Gasteiger partial charge in [-0.25, -0.2) is 5.43 Å². The minimum Gasteiger partial charge on any atom is -0.493 e. The van der Waals surface area contributed by atoms with E-state index in [4.69, 9.17) is 4.74 Å². The zero-order chi connectivity index (χ0) is 18.9. The Morgan fingerprint density at radius 3 is 2.88 bits per heavy atom. The van der Waals surface area contributed by atoms with Crippen LogP contribution in [0.4, 0.5) is 5.69 Å². The lowest BCUT2D eigenvalue weighted by Crippen LogP contribution is -2.17. The van der Waals surface area contributed by atoms with Crippen molar-refractivity contribution in [1.82, 2.24) is 5.43 Å². The van der Waals surface area contributed by atoms with Crippen molar-refractivity contribution < 1.29 is 14.5 Å². The Balaban J connectivity index is 2.07. The molecule has 136 valence electrons. The van der Waals surface area contributed by atoms with Crippen LogP contribution < -0.4 is 10.2 Å². The monoisotopic (exact) mass is 419 g/mol. The number of hydrogen-bond donors (Lipinski definition) is 1. The molecule has 2 aromatic rings. The molecule has 2 aromatic carbocycles. The van der Waals surface area contributed by atoms with E-state index in [0.717, 1.165) is 17.3 Å². The number of rotatable bonds is 8. The number of halogens is 1. The lowest BCUT2D eigenvalue weighted by molar-refractivity contribution is -0.384. The Morgan fingerprint density at radius 1 is 1.35 bits per heavy atom. The molecule has 8 heteroatoms. The summed E-state index contributed by atoms with van der Waals surface area (Å²) in [5.41, 5.74) is 3.07. The van der Waals surface area contributed by atoms with Gasteiger partial charge in [-0.15, -0.1) is 0 Å². The molecule has 0 aliphatic carbocycles. The van der Waals surface area contributed by atoms with Crippen LogP contribution >= 0.6 is 15.9 Å². The lowest BCUT2D eigenvalue weighted by atomic mass is 10.2. The van der Waals surface area contributed by atoms with Gasteiger partial charge < -0.3 is 4.74 Å². The molecule has 0 aromatic heterocycles. The fraction of sp³-hybridized carbons (Fsp3) is 0.222. The Hall–Kier alpha value is -2.74. The van der Waals surface area contributed by atoms with E-state index in [1.165, 1.54) is 30.5 Å². The van der Waals surface area contributed by atoms with E-state index in [-0.39, 0.29) is 11.3 Å². The van der Waals surface area contributed by atoms with Gasteiger partial charge in [-0.2, -0.15) is 5.10 Å². The molecule has 0 unspecified atom stereocenters. The van der Waals surface area contributed by atoms with E-state index in [1.807, 2.05) is 18.2 Å². The molecular formula is C18H18BrN3O4. The molecule has 2 rings (SSSR count). The van der Waals surface area contributed by atoms with E-state index in [2.05, 4.69) is 33.4 Å². The van der Waals surface area contributed by atoms with Crippen molar-refractivity contribution in [3.05, 3.63) is 68.2 Å². The van der Waals surface area contributed by atoms with Crippen LogP contribution in [0.3, 0.4) is 0 Å². The van der Waals surface area contributed by atoms with E-state index in [1.54, 1.807) is 0 Å².